The summed E-state index contributed by atoms with van der Waals surface area (Å²) in [4.78, 5) is 14.8. The minimum absolute atomic E-state index is 0.0332. The number of fused-ring (bicyclic) bond motifs is 1. The zero-order chi connectivity index (χ0) is 17.5. The van der Waals surface area contributed by atoms with Crippen molar-refractivity contribution in [2.75, 3.05) is 18.0 Å². The maximum Gasteiger partial charge on any atom is 0.251 e. The van der Waals surface area contributed by atoms with E-state index in [1.165, 1.54) is 30.3 Å². The lowest BCUT2D eigenvalue weighted by Crippen LogP contribution is -2.44. The van der Waals surface area contributed by atoms with Gasteiger partial charge < -0.3 is 10.2 Å². The van der Waals surface area contributed by atoms with Crippen LogP contribution in [0.4, 0.5) is 5.82 Å². The van der Waals surface area contributed by atoms with E-state index < -0.39 is 0 Å². The van der Waals surface area contributed by atoms with E-state index in [4.69, 9.17) is 0 Å². The summed E-state index contributed by atoms with van der Waals surface area (Å²) in [7, 11) is 0. The third-order valence-electron chi connectivity index (χ3n) is 5.27. The molecule has 2 N–H and O–H groups in total. The molecule has 8 heteroatoms. The Morgan fingerprint density at radius 3 is 2.73 bits per heavy atom. The molecule has 134 valence electrons. The molecule has 26 heavy (non-hydrogen) atoms. The van der Waals surface area contributed by atoms with Crippen LogP contribution in [0.1, 0.15) is 47.7 Å². The Labute approximate surface area is 155 Å². The number of hydrogen-bond acceptors (Lipinski definition) is 6. The van der Waals surface area contributed by atoms with Gasteiger partial charge in [0.05, 0.1) is 11.7 Å². The number of piperidine rings is 1. The van der Waals surface area contributed by atoms with Crippen molar-refractivity contribution in [1.29, 1.82) is 0 Å². The molecule has 3 heterocycles. The molecule has 0 bridgehead atoms. The molecular weight excluding hydrogens is 348 g/mol. The highest BCUT2D eigenvalue weighted by molar-refractivity contribution is 7.00. The second-order valence-electron chi connectivity index (χ2n) is 7.16. The van der Waals surface area contributed by atoms with Crippen molar-refractivity contribution in [2.24, 2.45) is 0 Å². The molecule has 3 aromatic rings. The third-order valence-corrected chi connectivity index (χ3v) is 5.83. The van der Waals surface area contributed by atoms with E-state index in [2.05, 4.69) is 35.2 Å². The summed E-state index contributed by atoms with van der Waals surface area (Å²) >= 11 is 1.17. The Morgan fingerprint density at radius 1 is 1.12 bits per heavy atom. The molecule has 2 aromatic heterocycles. The SMILES string of the molecule is O=C(NC1CCN(c2cc(C3CC3)[nH]n2)CC1)c1ccc2nsnc2c1. The van der Waals surface area contributed by atoms with Crippen molar-refractivity contribution < 1.29 is 4.79 Å². The smallest absolute Gasteiger partial charge is 0.251 e. The van der Waals surface area contributed by atoms with Crippen molar-refractivity contribution in [3.63, 3.8) is 0 Å². The van der Waals surface area contributed by atoms with E-state index in [1.807, 2.05) is 18.2 Å². The molecule has 2 aliphatic rings. The van der Waals surface area contributed by atoms with Gasteiger partial charge in [-0.1, -0.05) is 0 Å². The van der Waals surface area contributed by atoms with Crippen LogP contribution in [-0.4, -0.2) is 44.0 Å². The number of benzene rings is 1. The number of H-pyrrole nitrogens is 1. The molecule has 1 saturated carbocycles. The van der Waals surface area contributed by atoms with E-state index in [-0.39, 0.29) is 11.9 Å². The quantitative estimate of drug-likeness (QED) is 0.739. The number of aromatic nitrogens is 4. The van der Waals surface area contributed by atoms with Gasteiger partial charge >= 0.3 is 0 Å². The Hall–Kier alpha value is -2.48. The van der Waals surface area contributed by atoms with E-state index in [0.29, 0.717) is 11.5 Å². The number of rotatable bonds is 4. The number of nitrogens with zero attached hydrogens (tertiary/aromatic N) is 4. The van der Waals surface area contributed by atoms with Crippen LogP contribution < -0.4 is 10.2 Å². The molecular formula is C18H20N6OS. The van der Waals surface area contributed by atoms with Crippen molar-refractivity contribution in [2.45, 2.75) is 37.6 Å². The number of hydrogen-bond donors (Lipinski definition) is 2. The van der Waals surface area contributed by atoms with Crippen LogP contribution in [0.5, 0.6) is 0 Å². The van der Waals surface area contributed by atoms with Crippen molar-refractivity contribution in [3.8, 4) is 0 Å². The second kappa shape index (κ2) is 6.35. The first-order chi connectivity index (χ1) is 12.8. The van der Waals surface area contributed by atoms with Gasteiger partial charge in [-0.15, -0.1) is 0 Å². The summed E-state index contributed by atoms with van der Waals surface area (Å²) in [5.74, 6) is 1.70. The van der Waals surface area contributed by atoms with Gasteiger partial charge in [0.2, 0.25) is 0 Å². The van der Waals surface area contributed by atoms with Crippen molar-refractivity contribution in [3.05, 3.63) is 35.5 Å². The Bertz CT molecular complexity index is 938. The van der Waals surface area contributed by atoms with Gasteiger partial charge in [0.25, 0.3) is 5.91 Å². The fourth-order valence-electron chi connectivity index (χ4n) is 3.54. The molecule has 7 nitrogen and oxygen atoms in total. The molecule has 0 spiro atoms. The normalized spacial score (nSPS) is 18.4. The van der Waals surface area contributed by atoms with Crippen molar-refractivity contribution in [1.82, 2.24) is 24.3 Å². The lowest BCUT2D eigenvalue weighted by Gasteiger charge is -2.32. The van der Waals surface area contributed by atoms with Crippen LogP contribution in [0.25, 0.3) is 11.0 Å². The first-order valence-electron chi connectivity index (χ1n) is 9.10. The van der Waals surface area contributed by atoms with E-state index in [1.54, 1.807) is 0 Å². The predicted molar refractivity (Wildman–Crippen MR) is 101 cm³/mol. The monoisotopic (exact) mass is 368 g/mol. The third kappa shape index (κ3) is 3.05. The van der Waals surface area contributed by atoms with Gasteiger partial charge in [0.15, 0.2) is 5.82 Å². The number of carbonyl (C=O) groups excluding carboxylic acids is 1. The average Bonchev–Trinajstić information content (AvgIpc) is 3.21. The molecule has 1 aromatic carbocycles. The first kappa shape index (κ1) is 15.7. The summed E-state index contributed by atoms with van der Waals surface area (Å²) in [5, 5.41) is 10.8. The fraction of sp³-hybridized carbons (Fsp3) is 0.444. The molecule has 1 saturated heterocycles. The molecule has 1 aliphatic heterocycles. The number of anilines is 1. The van der Waals surface area contributed by atoms with E-state index in [0.717, 1.165) is 42.8 Å². The topological polar surface area (TPSA) is 86.8 Å². The Balaban J connectivity index is 1.19. The average molecular weight is 368 g/mol. The largest absolute Gasteiger partial charge is 0.355 e. The Kier molecular flexibility index (Phi) is 3.85. The fourth-order valence-corrected chi connectivity index (χ4v) is 4.05. The minimum atomic E-state index is -0.0332. The highest BCUT2D eigenvalue weighted by Gasteiger charge is 2.27. The van der Waals surface area contributed by atoms with Crippen LogP contribution in [0.15, 0.2) is 24.3 Å². The summed E-state index contributed by atoms with van der Waals surface area (Å²) < 4.78 is 8.38. The van der Waals surface area contributed by atoms with Gasteiger partial charge in [-0.05, 0) is 43.9 Å². The zero-order valence-electron chi connectivity index (χ0n) is 14.3. The molecule has 1 aliphatic carbocycles. The summed E-state index contributed by atoms with van der Waals surface area (Å²) in [6.45, 7) is 1.82. The second-order valence-corrected chi connectivity index (χ2v) is 7.69. The molecule has 2 fully saturated rings. The summed E-state index contributed by atoms with van der Waals surface area (Å²) in [5.41, 5.74) is 3.53. The van der Waals surface area contributed by atoms with Crippen LogP contribution in [0.2, 0.25) is 0 Å². The number of amides is 1. The van der Waals surface area contributed by atoms with Gasteiger partial charge in [-0.3, -0.25) is 9.89 Å². The van der Waals surface area contributed by atoms with Crippen LogP contribution in [0.3, 0.4) is 0 Å². The van der Waals surface area contributed by atoms with Crippen LogP contribution >= 0.6 is 11.7 Å². The zero-order valence-corrected chi connectivity index (χ0v) is 15.1. The predicted octanol–water partition coefficient (Wildman–Crippen LogP) is 2.69. The molecule has 0 unspecified atom stereocenters. The minimum Gasteiger partial charge on any atom is -0.355 e. The molecule has 5 rings (SSSR count). The summed E-state index contributed by atoms with van der Waals surface area (Å²) in [6.07, 6.45) is 4.41. The Morgan fingerprint density at radius 2 is 1.92 bits per heavy atom. The number of aromatic amines is 1. The lowest BCUT2D eigenvalue weighted by atomic mass is 10.0. The van der Waals surface area contributed by atoms with Gasteiger partial charge in [-0.25, -0.2) is 0 Å². The highest BCUT2D eigenvalue weighted by Crippen LogP contribution is 2.40. The van der Waals surface area contributed by atoms with E-state index in [9.17, 15) is 4.79 Å². The molecule has 0 radical (unpaired) electrons. The summed E-state index contributed by atoms with van der Waals surface area (Å²) in [6, 6.07) is 7.87. The number of carbonyl (C=O) groups is 1. The van der Waals surface area contributed by atoms with Gasteiger partial charge in [-0.2, -0.15) is 13.8 Å². The maximum absolute atomic E-state index is 12.5. The van der Waals surface area contributed by atoms with Crippen LogP contribution in [0, 0.1) is 0 Å². The maximum atomic E-state index is 12.5. The van der Waals surface area contributed by atoms with Gasteiger partial charge in [0, 0.05) is 42.4 Å². The van der Waals surface area contributed by atoms with E-state index >= 15 is 0 Å². The molecule has 0 atom stereocenters. The standard InChI is InChI=1S/C18H20N6OS/c25-18(12-3-4-14-16(9-12)23-26-22-14)19-13-5-7-24(8-6-13)17-10-15(20-21-17)11-1-2-11/h3-4,9-11,13H,1-2,5-8H2,(H,19,25)(H,20,21). The highest BCUT2D eigenvalue weighted by atomic mass is 32.1. The van der Waals surface area contributed by atoms with Crippen molar-refractivity contribution >= 4 is 34.5 Å². The number of nitrogens with one attached hydrogen (secondary N) is 2. The first-order valence-corrected chi connectivity index (χ1v) is 9.83. The van der Waals surface area contributed by atoms with Gasteiger partial charge in [0.1, 0.15) is 11.0 Å². The van der Waals surface area contributed by atoms with Crippen LogP contribution in [-0.2, 0) is 0 Å². The lowest BCUT2D eigenvalue weighted by molar-refractivity contribution is 0.0931. The molecule has 1 amide bonds.